The van der Waals surface area contributed by atoms with Crippen LogP contribution >= 0.6 is 0 Å². The van der Waals surface area contributed by atoms with E-state index in [-0.39, 0.29) is 6.10 Å². The summed E-state index contributed by atoms with van der Waals surface area (Å²) in [6.07, 6.45) is 1.24. The number of ether oxygens (including phenoxy) is 2. The second kappa shape index (κ2) is 9.21. The van der Waals surface area contributed by atoms with Crippen molar-refractivity contribution in [1.29, 1.82) is 0 Å². The van der Waals surface area contributed by atoms with Crippen molar-refractivity contribution in [2.75, 3.05) is 6.61 Å². The highest BCUT2D eigenvalue weighted by molar-refractivity contribution is 5.28. The summed E-state index contributed by atoms with van der Waals surface area (Å²) in [5, 5.41) is 3.46. The van der Waals surface area contributed by atoms with E-state index in [2.05, 4.69) is 36.5 Å². The average molecular weight is 313 g/mol. The van der Waals surface area contributed by atoms with Crippen LogP contribution in [0, 0.1) is 0 Å². The maximum Gasteiger partial charge on any atom is 0.119 e. The van der Waals surface area contributed by atoms with Gasteiger partial charge in [-0.1, -0.05) is 31.2 Å². The van der Waals surface area contributed by atoms with E-state index in [0.717, 1.165) is 37.6 Å². The molecule has 0 unspecified atom stereocenters. The summed E-state index contributed by atoms with van der Waals surface area (Å²) in [5.41, 5.74) is 2.51. The molecule has 23 heavy (non-hydrogen) atoms. The fourth-order valence-electron chi connectivity index (χ4n) is 2.23. The predicted octanol–water partition coefficient (Wildman–Crippen LogP) is 4.55. The molecular formula is C20H27NO2. The molecule has 124 valence electrons. The fourth-order valence-corrected chi connectivity index (χ4v) is 2.23. The first kappa shape index (κ1) is 17.4. The minimum atomic E-state index is 0.211. The molecule has 0 bridgehead atoms. The first-order chi connectivity index (χ1) is 11.2. The minimum absolute atomic E-state index is 0.211. The van der Waals surface area contributed by atoms with Crippen molar-refractivity contribution in [2.24, 2.45) is 0 Å². The molecule has 2 aromatic carbocycles. The van der Waals surface area contributed by atoms with Crippen LogP contribution in [0.15, 0.2) is 48.5 Å². The Morgan fingerprint density at radius 1 is 0.826 bits per heavy atom. The summed E-state index contributed by atoms with van der Waals surface area (Å²) < 4.78 is 11.2. The van der Waals surface area contributed by atoms with E-state index in [9.17, 15) is 0 Å². The smallest absolute Gasteiger partial charge is 0.119 e. The van der Waals surface area contributed by atoms with Crippen LogP contribution in [-0.2, 0) is 13.1 Å². The van der Waals surface area contributed by atoms with Gasteiger partial charge in [-0.3, -0.25) is 0 Å². The van der Waals surface area contributed by atoms with Gasteiger partial charge in [0, 0.05) is 13.1 Å². The van der Waals surface area contributed by atoms with Crippen molar-refractivity contribution < 1.29 is 9.47 Å². The van der Waals surface area contributed by atoms with Crippen LogP contribution < -0.4 is 14.8 Å². The Morgan fingerprint density at radius 2 is 1.35 bits per heavy atom. The van der Waals surface area contributed by atoms with Crippen LogP contribution in [0.3, 0.4) is 0 Å². The fraction of sp³-hybridized carbons (Fsp3) is 0.400. The van der Waals surface area contributed by atoms with E-state index >= 15 is 0 Å². The third kappa shape index (κ3) is 6.33. The third-order valence-electron chi connectivity index (χ3n) is 3.35. The molecule has 3 heteroatoms. The van der Waals surface area contributed by atoms with Crippen LogP contribution in [0.4, 0.5) is 0 Å². The van der Waals surface area contributed by atoms with Gasteiger partial charge in [0.1, 0.15) is 11.5 Å². The summed E-state index contributed by atoms with van der Waals surface area (Å²) in [5.74, 6) is 1.86. The first-order valence-electron chi connectivity index (χ1n) is 8.35. The number of nitrogens with one attached hydrogen (secondary N) is 1. The molecule has 0 saturated heterocycles. The van der Waals surface area contributed by atoms with Crippen molar-refractivity contribution in [1.82, 2.24) is 5.32 Å². The second-order valence-corrected chi connectivity index (χ2v) is 5.91. The maximum absolute atomic E-state index is 5.65. The molecule has 0 atom stereocenters. The van der Waals surface area contributed by atoms with Crippen LogP contribution in [0.5, 0.6) is 11.5 Å². The highest BCUT2D eigenvalue weighted by Crippen LogP contribution is 2.15. The Hall–Kier alpha value is -2.00. The predicted molar refractivity (Wildman–Crippen MR) is 95.0 cm³/mol. The number of hydrogen-bond donors (Lipinski definition) is 1. The molecule has 0 heterocycles. The van der Waals surface area contributed by atoms with Crippen molar-refractivity contribution in [3.05, 3.63) is 59.7 Å². The monoisotopic (exact) mass is 313 g/mol. The van der Waals surface area contributed by atoms with Crippen LogP contribution in [0.25, 0.3) is 0 Å². The summed E-state index contributed by atoms with van der Waals surface area (Å²) in [7, 11) is 0. The van der Waals surface area contributed by atoms with Gasteiger partial charge in [-0.15, -0.1) is 0 Å². The van der Waals surface area contributed by atoms with E-state index in [1.54, 1.807) is 0 Å². The molecule has 0 spiro atoms. The lowest BCUT2D eigenvalue weighted by Gasteiger charge is -2.11. The maximum atomic E-state index is 5.65. The number of hydrogen-bond acceptors (Lipinski definition) is 3. The topological polar surface area (TPSA) is 30.5 Å². The zero-order valence-electron chi connectivity index (χ0n) is 14.3. The Morgan fingerprint density at radius 3 is 1.83 bits per heavy atom. The number of rotatable bonds is 9. The zero-order chi connectivity index (χ0) is 16.5. The summed E-state index contributed by atoms with van der Waals surface area (Å²) in [4.78, 5) is 0. The van der Waals surface area contributed by atoms with E-state index in [0.29, 0.717) is 0 Å². The second-order valence-electron chi connectivity index (χ2n) is 5.91. The summed E-state index contributed by atoms with van der Waals surface area (Å²) in [6, 6.07) is 16.5. The van der Waals surface area contributed by atoms with Crippen LogP contribution in [0.2, 0.25) is 0 Å². The van der Waals surface area contributed by atoms with Gasteiger partial charge in [-0.25, -0.2) is 0 Å². The lowest BCUT2D eigenvalue weighted by atomic mass is 10.2. The largest absolute Gasteiger partial charge is 0.494 e. The highest BCUT2D eigenvalue weighted by atomic mass is 16.5. The Bertz CT molecular complexity index is 561. The lowest BCUT2D eigenvalue weighted by Crippen LogP contribution is -2.12. The molecule has 0 fully saturated rings. The Balaban J connectivity index is 1.76. The van der Waals surface area contributed by atoms with Crippen molar-refractivity contribution in [3.63, 3.8) is 0 Å². The zero-order valence-corrected chi connectivity index (χ0v) is 14.3. The quantitative estimate of drug-likeness (QED) is 0.736. The van der Waals surface area contributed by atoms with Crippen molar-refractivity contribution in [2.45, 2.75) is 46.4 Å². The summed E-state index contributed by atoms with van der Waals surface area (Å²) >= 11 is 0. The molecule has 0 aliphatic heterocycles. The van der Waals surface area contributed by atoms with Gasteiger partial charge < -0.3 is 14.8 Å². The standard InChI is InChI=1S/C20H27NO2/c1-4-13-22-19-9-5-17(6-10-19)14-21-15-18-7-11-20(12-8-18)23-16(2)3/h5-12,16,21H,4,13-15H2,1-3H3. The van der Waals surface area contributed by atoms with Crippen molar-refractivity contribution in [3.8, 4) is 11.5 Å². The van der Waals surface area contributed by atoms with E-state index in [1.165, 1.54) is 11.1 Å². The van der Waals surface area contributed by atoms with Gasteiger partial charge in [0.05, 0.1) is 12.7 Å². The molecule has 0 radical (unpaired) electrons. The molecular weight excluding hydrogens is 286 g/mol. The van der Waals surface area contributed by atoms with Gasteiger partial charge in [0.15, 0.2) is 0 Å². The normalized spacial score (nSPS) is 10.8. The molecule has 3 nitrogen and oxygen atoms in total. The van der Waals surface area contributed by atoms with Gasteiger partial charge in [0.2, 0.25) is 0 Å². The van der Waals surface area contributed by atoms with Gasteiger partial charge >= 0.3 is 0 Å². The van der Waals surface area contributed by atoms with Gasteiger partial charge in [0.25, 0.3) is 0 Å². The van der Waals surface area contributed by atoms with Gasteiger partial charge in [-0.05, 0) is 55.7 Å². The minimum Gasteiger partial charge on any atom is -0.494 e. The third-order valence-corrected chi connectivity index (χ3v) is 3.35. The molecule has 0 amide bonds. The lowest BCUT2D eigenvalue weighted by molar-refractivity contribution is 0.242. The van der Waals surface area contributed by atoms with E-state index < -0.39 is 0 Å². The Kier molecular flexibility index (Phi) is 6.95. The molecule has 2 rings (SSSR count). The molecule has 0 aromatic heterocycles. The van der Waals surface area contributed by atoms with Crippen LogP contribution in [-0.4, -0.2) is 12.7 Å². The van der Waals surface area contributed by atoms with Crippen molar-refractivity contribution >= 4 is 0 Å². The Labute approximate surface area is 139 Å². The highest BCUT2D eigenvalue weighted by Gasteiger charge is 1.99. The molecule has 0 aliphatic carbocycles. The molecule has 1 N–H and O–H groups in total. The van der Waals surface area contributed by atoms with Crippen LogP contribution in [0.1, 0.15) is 38.3 Å². The number of benzene rings is 2. The molecule has 0 saturated carbocycles. The average Bonchev–Trinajstić information content (AvgIpc) is 2.55. The van der Waals surface area contributed by atoms with E-state index in [1.807, 2.05) is 38.1 Å². The first-order valence-corrected chi connectivity index (χ1v) is 8.35. The molecule has 2 aromatic rings. The SMILES string of the molecule is CCCOc1ccc(CNCc2ccc(OC(C)C)cc2)cc1. The van der Waals surface area contributed by atoms with Gasteiger partial charge in [-0.2, -0.15) is 0 Å². The van der Waals surface area contributed by atoms with E-state index in [4.69, 9.17) is 9.47 Å². The summed E-state index contributed by atoms with van der Waals surface area (Å²) in [6.45, 7) is 8.64. The molecule has 0 aliphatic rings.